The molecule has 0 radical (unpaired) electrons. The van der Waals surface area contributed by atoms with Crippen molar-refractivity contribution in [2.75, 3.05) is 6.61 Å². The SMILES string of the molecule is Br.CCOC(=O)c1ncc[nH]1. The topological polar surface area (TPSA) is 55.0 Å². The Balaban J connectivity index is 0.000001000. The predicted molar refractivity (Wildman–Crippen MR) is 44.9 cm³/mol. The fraction of sp³-hybridized carbons (Fsp3) is 0.333. The van der Waals surface area contributed by atoms with Crippen LogP contribution in [-0.2, 0) is 4.74 Å². The van der Waals surface area contributed by atoms with Crippen molar-refractivity contribution in [3.63, 3.8) is 0 Å². The van der Waals surface area contributed by atoms with Gasteiger partial charge in [-0.25, -0.2) is 9.78 Å². The zero-order chi connectivity index (χ0) is 7.40. The molecule has 0 aliphatic heterocycles. The van der Waals surface area contributed by atoms with Crippen LogP contribution in [0.1, 0.15) is 17.5 Å². The number of halogens is 1. The molecule has 0 saturated heterocycles. The van der Waals surface area contributed by atoms with E-state index in [4.69, 9.17) is 0 Å². The summed E-state index contributed by atoms with van der Waals surface area (Å²) in [5.74, 6) is -0.158. The molecular formula is C6H9BrN2O2. The first-order chi connectivity index (χ1) is 4.84. The molecule has 0 atom stereocenters. The molecule has 1 N–H and O–H groups in total. The molecule has 0 amide bonds. The lowest BCUT2D eigenvalue weighted by molar-refractivity contribution is 0.0513. The predicted octanol–water partition coefficient (Wildman–Crippen LogP) is 1.16. The highest BCUT2D eigenvalue weighted by Gasteiger charge is 2.06. The summed E-state index contributed by atoms with van der Waals surface area (Å²) >= 11 is 0. The molecule has 0 aliphatic carbocycles. The number of carbonyl (C=O) groups excluding carboxylic acids is 1. The molecule has 0 aliphatic rings. The van der Waals surface area contributed by atoms with Crippen LogP contribution >= 0.6 is 17.0 Å². The Kier molecular flexibility index (Phi) is 4.52. The number of nitrogens with zero attached hydrogens (tertiary/aromatic N) is 1. The third kappa shape index (κ3) is 2.71. The smallest absolute Gasteiger partial charge is 0.374 e. The molecule has 11 heavy (non-hydrogen) atoms. The van der Waals surface area contributed by atoms with Crippen molar-refractivity contribution in [2.24, 2.45) is 0 Å². The standard InChI is InChI=1S/C6H8N2O2.BrH/c1-2-10-6(9)5-7-3-4-8-5;/h3-4H,2H2,1H3,(H,7,8);1H. The number of nitrogens with one attached hydrogen (secondary N) is 1. The fourth-order valence-electron chi connectivity index (χ4n) is 0.576. The monoisotopic (exact) mass is 220 g/mol. The van der Waals surface area contributed by atoms with Crippen molar-refractivity contribution in [3.8, 4) is 0 Å². The number of H-pyrrole nitrogens is 1. The van der Waals surface area contributed by atoms with Gasteiger partial charge in [0.25, 0.3) is 0 Å². The lowest BCUT2D eigenvalue weighted by Gasteiger charge is -1.95. The summed E-state index contributed by atoms with van der Waals surface area (Å²) in [6, 6.07) is 0. The summed E-state index contributed by atoms with van der Waals surface area (Å²) in [5.41, 5.74) is 0. The van der Waals surface area contributed by atoms with Crippen molar-refractivity contribution in [1.82, 2.24) is 9.97 Å². The highest BCUT2D eigenvalue weighted by Crippen LogP contribution is 1.91. The molecule has 0 spiro atoms. The molecule has 1 heterocycles. The average molecular weight is 221 g/mol. The highest BCUT2D eigenvalue weighted by molar-refractivity contribution is 8.93. The van der Waals surface area contributed by atoms with Gasteiger partial charge in [-0.3, -0.25) is 0 Å². The van der Waals surface area contributed by atoms with Crippen LogP contribution in [0.2, 0.25) is 0 Å². The first-order valence-electron chi connectivity index (χ1n) is 3.01. The van der Waals surface area contributed by atoms with E-state index in [9.17, 15) is 4.79 Å². The van der Waals surface area contributed by atoms with Crippen LogP contribution in [0.4, 0.5) is 0 Å². The molecule has 0 bridgehead atoms. The molecule has 0 fully saturated rings. The van der Waals surface area contributed by atoms with Gasteiger partial charge in [0.05, 0.1) is 6.61 Å². The van der Waals surface area contributed by atoms with Crippen molar-refractivity contribution < 1.29 is 9.53 Å². The molecule has 5 heteroatoms. The van der Waals surface area contributed by atoms with Gasteiger partial charge in [-0.15, -0.1) is 17.0 Å². The van der Waals surface area contributed by atoms with E-state index in [1.807, 2.05) is 0 Å². The Morgan fingerprint density at radius 3 is 3.00 bits per heavy atom. The third-order valence-corrected chi connectivity index (χ3v) is 0.967. The molecule has 62 valence electrons. The molecule has 0 unspecified atom stereocenters. The second kappa shape index (κ2) is 4.90. The van der Waals surface area contributed by atoms with Crippen molar-refractivity contribution >= 4 is 23.0 Å². The third-order valence-electron chi connectivity index (χ3n) is 0.967. The molecule has 1 aromatic rings. The zero-order valence-corrected chi connectivity index (χ0v) is 7.75. The van der Waals surface area contributed by atoms with Gasteiger partial charge in [0, 0.05) is 12.4 Å². The second-order valence-electron chi connectivity index (χ2n) is 1.66. The van der Waals surface area contributed by atoms with Crippen LogP contribution in [0.25, 0.3) is 0 Å². The minimum absolute atomic E-state index is 0. The van der Waals surface area contributed by atoms with Crippen molar-refractivity contribution in [2.45, 2.75) is 6.92 Å². The number of imidazole rings is 1. The minimum Gasteiger partial charge on any atom is -0.460 e. The zero-order valence-electron chi connectivity index (χ0n) is 6.03. The summed E-state index contributed by atoms with van der Waals surface area (Å²) in [7, 11) is 0. The number of hydrogen-bond acceptors (Lipinski definition) is 3. The average Bonchev–Trinajstić information content (AvgIpc) is 2.38. The van der Waals surface area contributed by atoms with E-state index in [2.05, 4.69) is 14.7 Å². The molecule has 4 nitrogen and oxygen atoms in total. The van der Waals surface area contributed by atoms with Gasteiger partial charge < -0.3 is 9.72 Å². The van der Waals surface area contributed by atoms with E-state index in [1.165, 1.54) is 6.20 Å². The first-order valence-corrected chi connectivity index (χ1v) is 3.01. The lowest BCUT2D eigenvalue weighted by Crippen LogP contribution is -2.06. The number of carbonyl (C=O) groups is 1. The molecular weight excluding hydrogens is 212 g/mol. The second-order valence-corrected chi connectivity index (χ2v) is 1.66. The van der Waals surface area contributed by atoms with E-state index in [0.29, 0.717) is 6.61 Å². The van der Waals surface area contributed by atoms with Crippen LogP contribution in [-0.4, -0.2) is 22.5 Å². The quantitative estimate of drug-likeness (QED) is 0.762. The van der Waals surface area contributed by atoms with Crippen molar-refractivity contribution in [1.29, 1.82) is 0 Å². The van der Waals surface area contributed by atoms with E-state index in [1.54, 1.807) is 13.1 Å². The molecule has 0 saturated carbocycles. The van der Waals surface area contributed by atoms with Gasteiger partial charge >= 0.3 is 5.97 Å². The van der Waals surface area contributed by atoms with E-state index >= 15 is 0 Å². The van der Waals surface area contributed by atoms with E-state index < -0.39 is 5.97 Å². The number of hydrogen-bond donors (Lipinski definition) is 1. The van der Waals surface area contributed by atoms with Crippen LogP contribution in [0.5, 0.6) is 0 Å². The largest absolute Gasteiger partial charge is 0.460 e. The van der Waals surface area contributed by atoms with Crippen LogP contribution < -0.4 is 0 Å². The summed E-state index contributed by atoms with van der Waals surface area (Å²) in [4.78, 5) is 17.1. The van der Waals surface area contributed by atoms with E-state index in [-0.39, 0.29) is 22.8 Å². The van der Waals surface area contributed by atoms with Gasteiger partial charge in [0.2, 0.25) is 5.82 Å². The normalized spacial score (nSPS) is 8.45. The lowest BCUT2D eigenvalue weighted by atomic mass is 10.6. The summed E-state index contributed by atoms with van der Waals surface area (Å²) in [5, 5.41) is 0. The van der Waals surface area contributed by atoms with Gasteiger partial charge in [-0.05, 0) is 6.92 Å². The summed E-state index contributed by atoms with van der Waals surface area (Å²) < 4.78 is 4.65. The summed E-state index contributed by atoms with van der Waals surface area (Å²) in [6.45, 7) is 2.13. The Morgan fingerprint density at radius 1 is 1.82 bits per heavy atom. The van der Waals surface area contributed by atoms with Gasteiger partial charge in [-0.2, -0.15) is 0 Å². The Bertz CT molecular complexity index is 210. The Hall–Kier alpha value is -0.840. The molecule has 1 aromatic heterocycles. The van der Waals surface area contributed by atoms with Crippen LogP contribution in [0.15, 0.2) is 12.4 Å². The minimum atomic E-state index is -0.410. The Morgan fingerprint density at radius 2 is 2.55 bits per heavy atom. The van der Waals surface area contributed by atoms with Gasteiger partial charge in [0.15, 0.2) is 0 Å². The number of aromatic nitrogens is 2. The highest BCUT2D eigenvalue weighted by atomic mass is 79.9. The maximum atomic E-state index is 10.8. The van der Waals surface area contributed by atoms with Gasteiger partial charge in [-0.1, -0.05) is 0 Å². The molecule has 1 rings (SSSR count). The van der Waals surface area contributed by atoms with E-state index in [0.717, 1.165) is 0 Å². The first kappa shape index (κ1) is 10.2. The van der Waals surface area contributed by atoms with Gasteiger partial charge in [0.1, 0.15) is 0 Å². The van der Waals surface area contributed by atoms with Crippen LogP contribution in [0.3, 0.4) is 0 Å². The maximum Gasteiger partial charge on any atom is 0.374 e. The number of aromatic amines is 1. The number of rotatable bonds is 2. The summed E-state index contributed by atoms with van der Waals surface area (Å²) in [6.07, 6.45) is 3.08. The maximum absolute atomic E-state index is 10.8. The number of ether oxygens (including phenoxy) is 1. The number of esters is 1. The van der Waals surface area contributed by atoms with Crippen LogP contribution in [0, 0.1) is 0 Å². The van der Waals surface area contributed by atoms with Crippen molar-refractivity contribution in [3.05, 3.63) is 18.2 Å². The fourth-order valence-corrected chi connectivity index (χ4v) is 0.576. The molecule has 0 aromatic carbocycles. The Labute approximate surface area is 74.7 Å².